The predicted molar refractivity (Wildman–Crippen MR) is 238 cm³/mol. The van der Waals surface area contributed by atoms with E-state index in [1.54, 1.807) is 0 Å². The summed E-state index contributed by atoms with van der Waals surface area (Å²) in [5.41, 5.74) is 0. The van der Waals surface area contributed by atoms with Gasteiger partial charge in [-0.25, -0.2) is 0 Å². The molecule has 0 aromatic carbocycles. The predicted octanol–water partition coefficient (Wildman–Crippen LogP) is 11.9. The van der Waals surface area contributed by atoms with Gasteiger partial charge < -0.3 is 31.5 Å². The van der Waals surface area contributed by atoms with Gasteiger partial charge in [0.05, 0.1) is 0 Å². The van der Waals surface area contributed by atoms with E-state index in [9.17, 15) is 9.59 Å². The summed E-state index contributed by atoms with van der Waals surface area (Å²) in [7, 11) is 0. The van der Waals surface area contributed by atoms with Crippen LogP contribution in [0.25, 0.3) is 0 Å². The third-order valence-corrected chi connectivity index (χ3v) is 11.1. The second-order valence-electron chi connectivity index (χ2n) is 16.7. The first kappa shape index (κ1) is 53.8. The first-order chi connectivity index (χ1) is 27.1. The summed E-state index contributed by atoms with van der Waals surface area (Å²) in [6.45, 7) is 8.94. The summed E-state index contributed by atoms with van der Waals surface area (Å²) in [6.07, 6.45) is 46.7. The molecule has 328 valence electrons. The highest BCUT2D eigenvalue weighted by atomic mass is 16.4. The molecule has 0 fully saturated rings. The van der Waals surface area contributed by atoms with E-state index in [-0.39, 0.29) is 6.42 Å². The van der Waals surface area contributed by atoms with Crippen molar-refractivity contribution in [2.45, 2.75) is 238 Å². The fourth-order valence-corrected chi connectivity index (χ4v) is 7.49. The Hall–Kier alpha value is -1.22. The van der Waals surface area contributed by atoms with Gasteiger partial charge in [-0.05, 0) is 110 Å². The molecule has 0 saturated carbocycles. The van der Waals surface area contributed by atoms with Crippen molar-refractivity contribution in [2.24, 2.45) is 0 Å². The highest BCUT2D eigenvalue weighted by Gasteiger charge is 2.00. The Labute approximate surface area is 342 Å². The van der Waals surface area contributed by atoms with Gasteiger partial charge >= 0.3 is 11.9 Å². The smallest absolute Gasteiger partial charge is 0.303 e. The van der Waals surface area contributed by atoms with Gasteiger partial charge in [0, 0.05) is 12.8 Å². The molecule has 6 N–H and O–H groups in total. The topological polar surface area (TPSA) is 123 Å². The van der Waals surface area contributed by atoms with Crippen LogP contribution in [0.3, 0.4) is 0 Å². The molecule has 8 nitrogen and oxygen atoms in total. The lowest BCUT2D eigenvalue weighted by atomic mass is 10.1. The van der Waals surface area contributed by atoms with Crippen LogP contribution in [0.2, 0.25) is 0 Å². The molecular weight excluding hydrogens is 685 g/mol. The largest absolute Gasteiger partial charge is 0.481 e. The quantitative estimate of drug-likeness (QED) is 0.0337. The molecule has 8 heteroatoms. The molecular formula is C47H96N4O4. The van der Waals surface area contributed by atoms with E-state index in [1.807, 2.05) is 0 Å². The molecule has 0 amide bonds. The highest BCUT2D eigenvalue weighted by molar-refractivity contribution is 5.66. The maximum Gasteiger partial charge on any atom is 0.303 e. The second kappa shape index (κ2) is 48.9. The molecule has 0 aliphatic rings. The van der Waals surface area contributed by atoms with Crippen LogP contribution in [0.4, 0.5) is 0 Å². The lowest BCUT2D eigenvalue weighted by Crippen LogP contribution is -2.18. The molecule has 0 heterocycles. The third-order valence-electron chi connectivity index (χ3n) is 11.1. The fourth-order valence-electron chi connectivity index (χ4n) is 7.49. The number of unbranched alkanes of at least 4 members (excludes halogenated alkanes) is 30. The van der Waals surface area contributed by atoms with Crippen molar-refractivity contribution in [2.75, 3.05) is 52.4 Å². The second-order valence-corrected chi connectivity index (χ2v) is 16.7. The monoisotopic (exact) mass is 781 g/mol. The van der Waals surface area contributed by atoms with E-state index in [0.29, 0.717) is 6.42 Å². The average Bonchev–Trinajstić information content (AvgIpc) is 3.17. The van der Waals surface area contributed by atoms with Crippen LogP contribution < -0.4 is 21.3 Å². The summed E-state index contributed by atoms with van der Waals surface area (Å²) in [6, 6.07) is 0. The van der Waals surface area contributed by atoms with Crippen LogP contribution in [-0.2, 0) is 9.59 Å². The molecule has 0 bridgehead atoms. The number of aliphatic carboxylic acids is 2. The van der Waals surface area contributed by atoms with Crippen molar-refractivity contribution in [3.05, 3.63) is 0 Å². The van der Waals surface area contributed by atoms with Crippen molar-refractivity contribution in [1.29, 1.82) is 0 Å². The molecule has 0 atom stereocenters. The van der Waals surface area contributed by atoms with E-state index >= 15 is 0 Å². The molecule has 0 rings (SSSR count). The molecule has 0 spiro atoms. The van der Waals surface area contributed by atoms with Gasteiger partial charge in [0.25, 0.3) is 0 Å². The van der Waals surface area contributed by atoms with Crippen molar-refractivity contribution >= 4 is 11.9 Å². The van der Waals surface area contributed by atoms with E-state index in [4.69, 9.17) is 10.2 Å². The minimum atomic E-state index is -0.699. The van der Waals surface area contributed by atoms with Crippen LogP contribution in [0.1, 0.15) is 238 Å². The maximum absolute atomic E-state index is 10.5. The molecule has 0 aliphatic carbocycles. The van der Waals surface area contributed by atoms with Crippen molar-refractivity contribution in [1.82, 2.24) is 21.3 Å². The Morgan fingerprint density at radius 2 is 0.364 bits per heavy atom. The first-order valence-electron chi connectivity index (χ1n) is 24.4. The van der Waals surface area contributed by atoms with Gasteiger partial charge in [0.1, 0.15) is 0 Å². The summed E-state index contributed by atoms with van der Waals surface area (Å²) >= 11 is 0. The van der Waals surface area contributed by atoms with Crippen LogP contribution in [0.15, 0.2) is 0 Å². The summed E-state index contributed by atoms with van der Waals surface area (Å²) in [5, 5.41) is 31.5. The average molecular weight is 781 g/mol. The Kier molecular flexibility index (Phi) is 47.8. The summed E-state index contributed by atoms with van der Waals surface area (Å²) in [5.74, 6) is -1.36. The van der Waals surface area contributed by atoms with Gasteiger partial charge in [0.15, 0.2) is 0 Å². The van der Waals surface area contributed by atoms with Gasteiger partial charge in [-0.2, -0.15) is 0 Å². The highest BCUT2D eigenvalue weighted by Crippen LogP contribution is 2.13. The standard InChI is InChI=1S/C47H96N4O4/c52-46(53)36-27-19-13-7-6-12-18-24-31-41-49-39-29-21-15-9-3-1-2-8-14-20-28-38-48-40-30-22-16-10-4-5-11-17-23-32-42-50-43-33-25-26-34-44-51-45-35-37-47(54)55/h48-51H,1-45H2,(H,52,53)(H,54,55). The first-order valence-corrected chi connectivity index (χ1v) is 24.4. The summed E-state index contributed by atoms with van der Waals surface area (Å²) in [4.78, 5) is 21.0. The Morgan fingerprint density at radius 3 is 0.564 bits per heavy atom. The zero-order valence-electron chi connectivity index (χ0n) is 36.5. The van der Waals surface area contributed by atoms with Crippen LogP contribution in [0.5, 0.6) is 0 Å². The van der Waals surface area contributed by atoms with Crippen molar-refractivity contribution in [3.8, 4) is 0 Å². The van der Waals surface area contributed by atoms with E-state index < -0.39 is 11.9 Å². The normalized spacial score (nSPS) is 11.5. The zero-order chi connectivity index (χ0) is 39.8. The van der Waals surface area contributed by atoms with E-state index in [1.165, 1.54) is 238 Å². The van der Waals surface area contributed by atoms with Gasteiger partial charge in [-0.1, -0.05) is 167 Å². The van der Waals surface area contributed by atoms with E-state index in [2.05, 4.69) is 21.3 Å². The lowest BCUT2D eigenvalue weighted by molar-refractivity contribution is -0.138. The number of nitrogens with one attached hydrogen (secondary N) is 4. The number of carbonyl (C=O) groups is 2. The minimum Gasteiger partial charge on any atom is -0.481 e. The lowest BCUT2D eigenvalue weighted by Gasteiger charge is -2.07. The SMILES string of the molecule is O=C(O)CCCCCCCCCCCNCCCCCCCCCCCCCNCCCCCCCCCCCCNCCCCCCNCCCC(=O)O. The maximum atomic E-state index is 10.5. The molecule has 0 aromatic rings. The molecule has 0 aromatic heterocycles. The molecule has 0 unspecified atom stereocenters. The van der Waals surface area contributed by atoms with Crippen molar-refractivity contribution in [3.63, 3.8) is 0 Å². The summed E-state index contributed by atoms with van der Waals surface area (Å²) < 4.78 is 0. The van der Waals surface area contributed by atoms with Crippen LogP contribution in [0, 0.1) is 0 Å². The van der Waals surface area contributed by atoms with E-state index in [0.717, 1.165) is 38.9 Å². The minimum absolute atomic E-state index is 0.270. The Bertz CT molecular complexity index is 696. The number of carboxylic acid groups (broad SMARTS) is 2. The zero-order valence-corrected chi connectivity index (χ0v) is 36.5. The third kappa shape index (κ3) is 52.8. The van der Waals surface area contributed by atoms with Crippen molar-refractivity contribution < 1.29 is 19.8 Å². The molecule has 55 heavy (non-hydrogen) atoms. The van der Waals surface area contributed by atoms with Crippen LogP contribution >= 0.6 is 0 Å². The Balaban J connectivity index is 3.06. The number of hydrogen-bond acceptors (Lipinski definition) is 6. The number of rotatable bonds is 50. The molecule has 0 saturated heterocycles. The van der Waals surface area contributed by atoms with Gasteiger partial charge in [-0.3, -0.25) is 9.59 Å². The fraction of sp³-hybridized carbons (Fsp3) is 0.957. The number of carboxylic acids is 2. The van der Waals surface area contributed by atoms with Gasteiger partial charge in [-0.15, -0.1) is 0 Å². The molecule has 0 radical (unpaired) electrons. The van der Waals surface area contributed by atoms with Gasteiger partial charge in [0.2, 0.25) is 0 Å². The Morgan fingerprint density at radius 1 is 0.218 bits per heavy atom. The molecule has 0 aliphatic heterocycles. The van der Waals surface area contributed by atoms with Crippen LogP contribution in [-0.4, -0.2) is 74.5 Å². The number of hydrogen-bond donors (Lipinski definition) is 6.